The van der Waals surface area contributed by atoms with Crippen LogP contribution in [0.25, 0.3) is 16.9 Å². The number of allylic oxidation sites excluding steroid dienone is 1. The third-order valence-electron chi connectivity index (χ3n) is 8.76. The van der Waals surface area contributed by atoms with Crippen molar-refractivity contribution in [3.63, 3.8) is 0 Å². The summed E-state index contributed by atoms with van der Waals surface area (Å²) in [6.45, 7) is -1.30. The van der Waals surface area contributed by atoms with Crippen LogP contribution in [-0.2, 0) is 45.8 Å². The maximum absolute atomic E-state index is 13.5. The molecule has 27 nitrogen and oxygen atoms in total. The van der Waals surface area contributed by atoms with Gasteiger partial charge in [0, 0.05) is 32.2 Å². The Morgan fingerprint density at radius 2 is 1.71 bits per heavy atom. The number of carbonyl (C=O) groups excluding carboxylic acids is 1. The Kier molecular flexibility index (Phi) is 12.1. The number of nitrogen functional groups attached to an aromatic ring is 1. The number of anilines is 1. The number of rotatable bonds is 14. The van der Waals surface area contributed by atoms with Gasteiger partial charge >= 0.3 is 23.5 Å². The van der Waals surface area contributed by atoms with E-state index in [4.69, 9.17) is 40.0 Å². The van der Waals surface area contributed by atoms with E-state index in [0.717, 1.165) is 6.33 Å². The molecule has 308 valence electrons. The van der Waals surface area contributed by atoms with Crippen LogP contribution in [0.4, 0.5) is 11.8 Å². The molecule has 56 heavy (non-hydrogen) atoms. The van der Waals surface area contributed by atoms with Gasteiger partial charge in [-0.15, -0.1) is 0 Å². The Hall–Kier alpha value is -3.75. The van der Waals surface area contributed by atoms with E-state index in [1.165, 1.54) is 22.6 Å². The Morgan fingerprint density at radius 3 is 2.43 bits per heavy atom. The molecule has 3 aliphatic rings. The number of aromatic amines is 1. The van der Waals surface area contributed by atoms with Gasteiger partial charge in [0.15, 0.2) is 29.4 Å². The van der Waals surface area contributed by atoms with Crippen LogP contribution < -0.4 is 22.3 Å². The first-order valence-corrected chi connectivity index (χ1v) is 20.8. The molecular formula is C26H37N10O17P3. The predicted molar refractivity (Wildman–Crippen MR) is 186 cm³/mol. The second-order valence-corrected chi connectivity index (χ2v) is 16.9. The molecule has 3 aromatic rings. The number of phosphoric acid groups is 3. The van der Waals surface area contributed by atoms with E-state index in [2.05, 4.69) is 38.9 Å². The molecule has 12 N–H and O–H groups in total. The maximum Gasteiger partial charge on any atom is 0.490 e. The molecule has 2 unspecified atom stereocenters. The lowest BCUT2D eigenvalue weighted by atomic mass is 9.93. The average Bonchev–Trinajstić information content (AvgIpc) is 3.84. The van der Waals surface area contributed by atoms with Crippen molar-refractivity contribution in [3.8, 4) is 0 Å². The van der Waals surface area contributed by atoms with Crippen molar-refractivity contribution in [2.45, 2.75) is 62.2 Å². The number of ether oxygens (including phenoxy) is 3. The second kappa shape index (κ2) is 16.2. The lowest BCUT2D eigenvalue weighted by Crippen LogP contribution is -2.41. The standard InChI is InChI=1S/C26H37N10O17P3/c1-48-20-11(6-15(37)30-7-13-18(38)19(39)24(50-13)36-10-32-17-22(36)33-26(28)34-23(17)40)14(8-49-55(44,45)53-56(46,47)52-54(41,42)43)51-25(20)35-9-31-16-12(27)4-2-3-5-29-21(16)35/h4-5,9-11,13-14,18-20,24-25,38-39H,2-3,6-8,27H2,1H3,(H,30,37)(H,44,45)(H,46,47)(H2,41,42,43)(H3,28,33,34,40)/t11-,13-,14-,18-,19-,20-,24-,25-/m1/s1. The third-order valence-corrected chi connectivity index (χ3v) is 12.6. The van der Waals surface area contributed by atoms with Gasteiger partial charge in [0.25, 0.3) is 5.56 Å². The van der Waals surface area contributed by atoms with Crippen molar-refractivity contribution in [2.75, 3.05) is 26.0 Å². The molecule has 0 aromatic carbocycles. The molecule has 0 aliphatic carbocycles. The van der Waals surface area contributed by atoms with Crippen molar-refractivity contribution in [3.05, 3.63) is 34.8 Å². The molecule has 0 bridgehead atoms. The maximum atomic E-state index is 13.5. The largest absolute Gasteiger partial charge is 0.490 e. The van der Waals surface area contributed by atoms with Crippen LogP contribution in [0.1, 0.15) is 37.4 Å². The second-order valence-electron chi connectivity index (χ2n) is 12.5. The zero-order valence-electron chi connectivity index (χ0n) is 28.8. The Balaban J connectivity index is 1.20. The number of carbonyl (C=O) groups is 1. The molecule has 30 heteroatoms. The van der Waals surface area contributed by atoms with Gasteiger partial charge in [-0.05, 0) is 12.8 Å². The van der Waals surface area contributed by atoms with E-state index in [1.54, 1.807) is 12.3 Å². The summed E-state index contributed by atoms with van der Waals surface area (Å²) in [5.74, 6) is -1.75. The number of fused-ring (bicyclic) bond motifs is 2. The van der Waals surface area contributed by atoms with Gasteiger partial charge in [-0.1, -0.05) is 6.08 Å². The number of nitrogens with two attached hydrogens (primary N) is 2. The van der Waals surface area contributed by atoms with E-state index >= 15 is 0 Å². The quantitative estimate of drug-likeness (QED) is 0.0815. The number of aliphatic imine (C=N–C) groups is 1. The summed E-state index contributed by atoms with van der Waals surface area (Å²) < 4.78 is 68.4. The highest BCUT2D eigenvalue weighted by Gasteiger charge is 2.50. The molecule has 6 heterocycles. The van der Waals surface area contributed by atoms with Gasteiger partial charge in [0.2, 0.25) is 11.9 Å². The number of nitrogens with one attached hydrogen (secondary N) is 2. The van der Waals surface area contributed by atoms with Gasteiger partial charge in [0.1, 0.15) is 30.1 Å². The van der Waals surface area contributed by atoms with Crippen LogP contribution in [0.2, 0.25) is 0 Å². The number of nitrogens with zero attached hydrogens (tertiary/aromatic N) is 6. The minimum Gasteiger partial charge on any atom is -0.397 e. The van der Waals surface area contributed by atoms with Crippen LogP contribution in [0.15, 0.2) is 28.5 Å². The topological polar surface area (TPSA) is 403 Å². The number of aromatic nitrogens is 6. The molecule has 3 aromatic heterocycles. The number of hydrogen-bond acceptors (Lipinski definition) is 19. The lowest BCUT2D eigenvalue weighted by molar-refractivity contribution is -0.124. The smallest absolute Gasteiger partial charge is 0.397 e. The first kappa shape index (κ1) is 41.9. The predicted octanol–water partition coefficient (Wildman–Crippen LogP) is -1.61. The molecule has 0 spiro atoms. The summed E-state index contributed by atoms with van der Waals surface area (Å²) in [6.07, 6.45) is -2.63. The van der Waals surface area contributed by atoms with Crippen molar-refractivity contribution >= 4 is 64.2 Å². The number of aliphatic hydroxyl groups is 2. The van der Waals surface area contributed by atoms with Crippen molar-refractivity contribution in [2.24, 2.45) is 16.6 Å². The minimum atomic E-state index is -5.85. The molecular weight excluding hydrogens is 817 g/mol. The fourth-order valence-corrected chi connectivity index (χ4v) is 9.40. The molecule has 2 fully saturated rings. The van der Waals surface area contributed by atoms with Crippen LogP contribution in [0, 0.1) is 5.92 Å². The van der Waals surface area contributed by atoms with Gasteiger partial charge in [-0.3, -0.25) is 28.2 Å². The Labute approximate surface area is 313 Å². The van der Waals surface area contributed by atoms with Crippen LogP contribution in [-0.4, -0.2) is 122 Å². The molecule has 1 amide bonds. The molecule has 10 atom stereocenters. The highest BCUT2D eigenvalue weighted by atomic mass is 31.3. The van der Waals surface area contributed by atoms with Gasteiger partial charge in [-0.2, -0.15) is 13.6 Å². The van der Waals surface area contributed by atoms with Crippen LogP contribution in [0.5, 0.6) is 0 Å². The SMILES string of the molecule is CO[C@@H]1[C@H](CC(=O)NC[C@H]2O[C@@H](n3cnc4c(=O)[nH]c(N)nc43)[C@H](O)[C@@H]2O)[C@@H](COP(=O)(O)OP(=O)(O)OP(=O)(O)O)O[C@H]1n1cnc2c1N=CCCC=C2N. The van der Waals surface area contributed by atoms with Crippen molar-refractivity contribution in [1.29, 1.82) is 0 Å². The van der Waals surface area contributed by atoms with Crippen LogP contribution >= 0.6 is 23.5 Å². The third kappa shape index (κ3) is 9.18. The molecule has 3 aliphatic heterocycles. The van der Waals surface area contributed by atoms with E-state index in [0.29, 0.717) is 24.2 Å². The number of hydrogen-bond donors (Lipinski definition) is 10. The number of amides is 1. The van der Waals surface area contributed by atoms with Crippen molar-refractivity contribution < 1.29 is 75.6 Å². The van der Waals surface area contributed by atoms with E-state index in [1.807, 2.05) is 0 Å². The fraction of sp³-hybridized carbons (Fsp3) is 0.538. The monoisotopic (exact) mass is 854 g/mol. The van der Waals surface area contributed by atoms with E-state index < -0.39 is 96.9 Å². The number of H-pyrrole nitrogens is 1. The Bertz CT molecular complexity index is 2220. The highest BCUT2D eigenvalue weighted by Crippen LogP contribution is 2.66. The Morgan fingerprint density at radius 1 is 1.00 bits per heavy atom. The van der Waals surface area contributed by atoms with Crippen molar-refractivity contribution in [1.82, 2.24) is 34.4 Å². The number of phosphoric ester groups is 1. The van der Waals surface area contributed by atoms with Crippen LogP contribution in [0.3, 0.4) is 0 Å². The zero-order valence-corrected chi connectivity index (χ0v) is 31.5. The van der Waals surface area contributed by atoms with E-state index in [9.17, 15) is 43.3 Å². The normalized spacial score (nSPS) is 28.9. The minimum absolute atomic E-state index is 0.0365. The lowest BCUT2D eigenvalue weighted by Gasteiger charge is -2.24. The summed E-state index contributed by atoms with van der Waals surface area (Å²) >= 11 is 0. The fourth-order valence-electron chi connectivity index (χ4n) is 6.37. The number of aliphatic hydroxyl groups excluding tert-OH is 2. The summed E-state index contributed by atoms with van der Waals surface area (Å²) in [7, 11) is -15.9. The molecule has 0 saturated carbocycles. The molecule has 6 rings (SSSR count). The summed E-state index contributed by atoms with van der Waals surface area (Å²) in [4.78, 5) is 82.2. The average molecular weight is 855 g/mol. The highest BCUT2D eigenvalue weighted by molar-refractivity contribution is 7.66. The first-order chi connectivity index (χ1) is 26.3. The van der Waals surface area contributed by atoms with Gasteiger partial charge in [-0.25, -0.2) is 28.7 Å². The molecule has 0 radical (unpaired) electrons. The summed E-state index contributed by atoms with van der Waals surface area (Å²) in [6, 6.07) is 0. The van der Waals surface area contributed by atoms with Gasteiger partial charge in [0.05, 0.1) is 31.1 Å². The molecule has 2 saturated heterocycles. The summed E-state index contributed by atoms with van der Waals surface area (Å²) in [5.41, 5.74) is 11.7. The van der Waals surface area contributed by atoms with E-state index in [-0.39, 0.29) is 29.5 Å². The zero-order chi connectivity index (χ0) is 40.7. The number of methoxy groups -OCH3 is 1. The number of imidazole rings is 2. The van der Waals surface area contributed by atoms with Gasteiger partial charge < -0.3 is 60.8 Å². The first-order valence-electron chi connectivity index (χ1n) is 16.3. The summed E-state index contributed by atoms with van der Waals surface area (Å²) in [5, 5.41) is 24.2.